The number of rotatable bonds is 1. The Balaban J connectivity index is 2.21. The minimum absolute atomic E-state index is 0.750. The number of hydrogen-bond acceptors (Lipinski definition) is 3. The number of hydrogen-bond donors (Lipinski definition) is 1. The van der Waals surface area contributed by atoms with E-state index in [1.165, 1.54) is 0 Å². The van der Waals surface area contributed by atoms with Crippen molar-refractivity contribution < 1.29 is 0 Å². The van der Waals surface area contributed by atoms with E-state index in [0.717, 1.165) is 35.7 Å². The lowest BCUT2D eigenvalue weighted by Gasteiger charge is -1.90. The fraction of sp³-hybridized carbons (Fsp3) is 0.0909. The first-order chi connectivity index (χ1) is 8.13. The molecule has 6 heteroatoms. The van der Waals surface area contributed by atoms with Crippen molar-refractivity contribution in [3.05, 3.63) is 31.5 Å². The van der Waals surface area contributed by atoms with Crippen molar-refractivity contribution in [2.75, 3.05) is 0 Å². The maximum Gasteiger partial charge on any atom is 0.178 e. The molecule has 3 rings (SSSR count). The van der Waals surface area contributed by atoms with Crippen LogP contribution in [0.5, 0.6) is 0 Å². The van der Waals surface area contributed by atoms with E-state index in [9.17, 15) is 0 Å². The summed E-state index contributed by atoms with van der Waals surface area (Å²) in [4.78, 5) is 12.1. The van der Waals surface area contributed by atoms with E-state index in [0.29, 0.717) is 0 Å². The molecule has 17 heavy (non-hydrogen) atoms. The number of aromatic nitrogens is 3. The summed E-state index contributed by atoms with van der Waals surface area (Å²) in [6.45, 7) is 2.02. The van der Waals surface area contributed by atoms with Gasteiger partial charge in [-0.3, -0.25) is 0 Å². The molecule has 3 aromatic rings. The van der Waals surface area contributed by atoms with Crippen molar-refractivity contribution in [2.45, 2.75) is 6.92 Å². The normalized spacial score (nSPS) is 11.2. The van der Waals surface area contributed by atoms with Gasteiger partial charge >= 0.3 is 0 Å². The van der Waals surface area contributed by atoms with Crippen LogP contribution in [-0.2, 0) is 0 Å². The molecule has 0 aliphatic carbocycles. The topological polar surface area (TPSA) is 41.6 Å². The van der Waals surface area contributed by atoms with Crippen LogP contribution in [0.1, 0.15) is 5.56 Å². The SMILES string of the molecule is Cc1cnc2nc(-c3cc(Br)sc3Br)[nH]c2c1. The lowest BCUT2D eigenvalue weighted by atomic mass is 10.3. The van der Waals surface area contributed by atoms with Crippen LogP contribution in [0.3, 0.4) is 0 Å². The first-order valence-electron chi connectivity index (χ1n) is 4.91. The molecule has 0 saturated heterocycles. The minimum Gasteiger partial charge on any atom is -0.337 e. The third-order valence-electron chi connectivity index (χ3n) is 2.39. The zero-order chi connectivity index (χ0) is 12.0. The third-order valence-corrected chi connectivity index (χ3v) is 4.73. The molecule has 86 valence electrons. The second kappa shape index (κ2) is 4.19. The Labute approximate surface area is 119 Å². The zero-order valence-corrected chi connectivity index (χ0v) is 12.8. The number of fused-ring (bicyclic) bond motifs is 1. The highest BCUT2D eigenvalue weighted by Gasteiger charge is 2.12. The van der Waals surface area contributed by atoms with Crippen molar-refractivity contribution in [3.63, 3.8) is 0 Å². The molecule has 0 saturated carbocycles. The number of nitrogens with one attached hydrogen (secondary N) is 1. The molecule has 3 nitrogen and oxygen atoms in total. The summed E-state index contributed by atoms with van der Waals surface area (Å²) in [5, 5.41) is 0. The molecule has 0 fully saturated rings. The van der Waals surface area contributed by atoms with Gasteiger partial charge in [0.05, 0.1) is 13.1 Å². The maximum atomic E-state index is 4.49. The van der Waals surface area contributed by atoms with Gasteiger partial charge in [-0.2, -0.15) is 0 Å². The molecule has 0 bridgehead atoms. The Morgan fingerprint density at radius 3 is 2.82 bits per heavy atom. The number of pyridine rings is 1. The van der Waals surface area contributed by atoms with Crippen LogP contribution in [0.15, 0.2) is 25.9 Å². The minimum atomic E-state index is 0.750. The maximum absolute atomic E-state index is 4.49. The molecular formula is C11H7Br2N3S. The Morgan fingerprint density at radius 1 is 1.29 bits per heavy atom. The van der Waals surface area contributed by atoms with Crippen LogP contribution >= 0.6 is 43.2 Å². The van der Waals surface area contributed by atoms with E-state index in [2.05, 4.69) is 46.8 Å². The van der Waals surface area contributed by atoms with Gasteiger partial charge in [0.2, 0.25) is 0 Å². The first kappa shape index (κ1) is 11.4. The van der Waals surface area contributed by atoms with Crippen LogP contribution in [0, 0.1) is 6.92 Å². The lowest BCUT2D eigenvalue weighted by Crippen LogP contribution is -1.78. The number of halogens is 2. The zero-order valence-electron chi connectivity index (χ0n) is 8.79. The highest BCUT2D eigenvalue weighted by Crippen LogP contribution is 2.37. The van der Waals surface area contributed by atoms with Gasteiger partial charge in [0.25, 0.3) is 0 Å². The average Bonchev–Trinajstić information content (AvgIpc) is 2.80. The van der Waals surface area contributed by atoms with E-state index >= 15 is 0 Å². The van der Waals surface area contributed by atoms with E-state index < -0.39 is 0 Å². The number of nitrogens with zero attached hydrogens (tertiary/aromatic N) is 2. The van der Waals surface area contributed by atoms with Crippen molar-refractivity contribution in [3.8, 4) is 11.4 Å². The second-order valence-corrected chi connectivity index (χ2v) is 7.46. The second-order valence-electron chi connectivity index (χ2n) is 3.71. The molecule has 1 N–H and O–H groups in total. The van der Waals surface area contributed by atoms with Gasteiger partial charge < -0.3 is 4.98 Å². The number of thiophene rings is 1. The number of imidazole rings is 1. The molecule has 3 aromatic heterocycles. The van der Waals surface area contributed by atoms with E-state index in [4.69, 9.17) is 0 Å². The number of aromatic amines is 1. The highest BCUT2D eigenvalue weighted by atomic mass is 79.9. The molecule has 0 atom stereocenters. The summed E-state index contributed by atoms with van der Waals surface area (Å²) in [7, 11) is 0. The molecule has 0 aliphatic heterocycles. The Morgan fingerprint density at radius 2 is 2.12 bits per heavy atom. The van der Waals surface area contributed by atoms with Crippen molar-refractivity contribution in [1.29, 1.82) is 0 Å². The molecule has 0 aliphatic rings. The summed E-state index contributed by atoms with van der Waals surface area (Å²) < 4.78 is 2.13. The fourth-order valence-electron chi connectivity index (χ4n) is 1.63. The van der Waals surface area contributed by atoms with Crippen LogP contribution in [0.2, 0.25) is 0 Å². The Bertz CT molecular complexity index is 702. The monoisotopic (exact) mass is 371 g/mol. The molecular weight excluding hydrogens is 366 g/mol. The summed E-state index contributed by atoms with van der Waals surface area (Å²) in [5.41, 5.74) is 3.89. The highest BCUT2D eigenvalue weighted by molar-refractivity contribution is 9.12. The van der Waals surface area contributed by atoms with Gasteiger partial charge in [0.15, 0.2) is 5.65 Å². The Kier molecular flexibility index (Phi) is 2.80. The van der Waals surface area contributed by atoms with Gasteiger partial charge in [-0.1, -0.05) is 0 Å². The van der Waals surface area contributed by atoms with Crippen LogP contribution in [0.25, 0.3) is 22.6 Å². The van der Waals surface area contributed by atoms with E-state index in [1.807, 2.05) is 25.3 Å². The van der Waals surface area contributed by atoms with Crippen molar-refractivity contribution in [2.24, 2.45) is 0 Å². The van der Waals surface area contributed by atoms with Crippen molar-refractivity contribution >= 4 is 54.4 Å². The largest absolute Gasteiger partial charge is 0.337 e. The fourth-order valence-corrected chi connectivity index (χ4v) is 4.44. The smallest absolute Gasteiger partial charge is 0.178 e. The van der Waals surface area contributed by atoms with Crippen LogP contribution in [-0.4, -0.2) is 15.0 Å². The summed E-state index contributed by atoms with van der Waals surface area (Å²) in [6, 6.07) is 4.09. The lowest BCUT2D eigenvalue weighted by molar-refractivity contribution is 1.28. The summed E-state index contributed by atoms with van der Waals surface area (Å²) >= 11 is 8.63. The molecule has 0 spiro atoms. The average molecular weight is 373 g/mol. The van der Waals surface area contributed by atoms with Gasteiger partial charge in [0, 0.05) is 11.8 Å². The Hall–Kier alpha value is -0.720. The van der Waals surface area contributed by atoms with Crippen LogP contribution in [0.4, 0.5) is 0 Å². The molecule has 3 heterocycles. The summed E-state index contributed by atoms with van der Waals surface area (Å²) in [5.74, 6) is 0.840. The van der Waals surface area contributed by atoms with Gasteiger partial charge in [-0.05, 0) is 56.5 Å². The van der Waals surface area contributed by atoms with Crippen LogP contribution < -0.4 is 0 Å². The number of aryl methyl sites for hydroxylation is 1. The van der Waals surface area contributed by atoms with Gasteiger partial charge in [0.1, 0.15) is 5.82 Å². The quantitative estimate of drug-likeness (QED) is 0.682. The third kappa shape index (κ3) is 2.05. The predicted molar refractivity (Wildman–Crippen MR) is 77.3 cm³/mol. The molecule has 0 radical (unpaired) electrons. The van der Waals surface area contributed by atoms with Gasteiger partial charge in [-0.15, -0.1) is 11.3 Å². The van der Waals surface area contributed by atoms with E-state index in [-0.39, 0.29) is 0 Å². The molecule has 0 aromatic carbocycles. The first-order valence-corrected chi connectivity index (χ1v) is 7.31. The predicted octanol–water partition coefficient (Wildman–Crippen LogP) is 4.52. The molecule has 0 unspecified atom stereocenters. The summed E-state index contributed by atoms with van der Waals surface area (Å²) in [6.07, 6.45) is 1.82. The van der Waals surface area contributed by atoms with Gasteiger partial charge in [-0.25, -0.2) is 9.97 Å². The number of H-pyrrole nitrogens is 1. The van der Waals surface area contributed by atoms with E-state index in [1.54, 1.807) is 11.3 Å². The standard InChI is InChI=1S/C11H7Br2N3S/c1-5-2-7-11(14-4-5)16-10(15-7)6-3-8(12)17-9(6)13/h2-4H,1H3,(H,14,15,16). The molecule has 0 amide bonds. The van der Waals surface area contributed by atoms with Crippen molar-refractivity contribution in [1.82, 2.24) is 15.0 Å².